The molecule has 76 valence electrons. The van der Waals surface area contributed by atoms with Crippen molar-refractivity contribution in [2.24, 2.45) is 16.8 Å². The predicted octanol–water partition coefficient (Wildman–Crippen LogP) is 1.84. The fourth-order valence-corrected chi connectivity index (χ4v) is 2.09. The SMILES string of the molecule is CN=C(NN)C1CCCCCCC1. The zero-order valence-corrected chi connectivity index (χ0v) is 8.55. The Morgan fingerprint density at radius 3 is 2.15 bits per heavy atom. The molecule has 0 saturated heterocycles. The molecule has 1 aliphatic rings. The van der Waals surface area contributed by atoms with Crippen molar-refractivity contribution in [3.63, 3.8) is 0 Å². The molecule has 1 rings (SSSR count). The molecular formula is C10H21N3. The van der Waals surface area contributed by atoms with Gasteiger partial charge >= 0.3 is 0 Å². The van der Waals surface area contributed by atoms with Crippen LogP contribution in [0.2, 0.25) is 0 Å². The van der Waals surface area contributed by atoms with Gasteiger partial charge in [-0.3, -0.25) is 4.99 Å². The van der Waals surface area contributed by atoms with Crippen molar-refractivity contribution < 1.29 is 0 Å². The summed E-state index contributed by atoms with van der Waals surface area (Å²) < 4.78 is 0. The maximum absolute atomic E-state index is 5.42. The van der Waals surface area contributed by atoms with E-state index in [0.717, 1.165) is 5.84 Å². The van der Waals surface area contributed by atoms with Crippen molar-refractivity contribution in [1.29, 1.82) is 0 Å². The van der Waals surface area contributed by atoms with Crippen LogP contribution >= 0.6 is 0 Å². The Morgan fingerprint density at radius 2 is 1.69 bits per heavy atom. The number of rotatable bonds is 1. The highest BCUT2D eigenvalue weighted by Crippen LogP contribution is 2.22. The topological polar surface area (TPSA) is 50.4 Å². The Morgan fingerprint density at radius 1 is 1.15 bits per heavy atom. The molecule has 3 heteroatoms. The Bertz CT molecular complexity index is 158. The van der Waals surface area contributed by atoms with Gasteiger partial charge in [0.1, 0.15) is 5.84 Å². The minimum absolute atomic E-state index is 0.579. The van der Waals surface area contributed by atoms with Crippen LogP contribution < -0.4 is 11.3 Å². The van der Waals surface area contributed by atoms with Gasteiger partial charge in [0.15, 0.2) is 0 Å². The Hall–Kier alpha value is -0.570. The molecule has 0 aromatic rings. The molecule has 0 heterocycles. The van der Waals surface area contributed by atoms with Gasteiger partial charge in [-0.25, -0.2) is 5.84 Å². The summed E-state index contributed by atoms with van der Waals surface area (Å²) in [5.41, 5.74) is 2.72. The van der Waals surface area contributed by atoms with Crippen molar-refractivity contribution in [3.05, 3.63) is 0 Å². The average molecular weight is 183 g/mol. The molecule has 3 nitrogen and oxygen atoms in total. The minimum Gasteiger partial charge on any atom is -0.312 e. The summed E-state index contributed by atoms with van der Waals surface area (Å²) in [7, 11) is 1.81. The highest BCUT2D eigenvalue weighted by molar-refractivity contribution is 5.83. The van der Waals surface area contributed by atoms with Crippen LogP contribution in [-0.2, 0) is 0 Å². The van der Waals surface area contributed by atoms with Crippen LogP contribution in [-0.4, -0.2) is 12.9 Å². The van der Waals surface area contributed by atoms with E-state index in [2.05, 4.69) is 10.4 Å². The van der Waals surface area contributed by atoms with E-state index in [1.54, 1.807) is 0 Å². The number of hydrogen-bond donors (Lipinski definition) is 2. The smallest absolute Gasteiger partial charge is 0.113 e. The van der Waals surface area contributed by atoms with Crippen LogP contribution in [0.15, 0.2) is 4.99 Å². The second kappa shape index (κ2) is 5.97. The summed E-state index contributed by atoms with van der Waals surface area (Å²) in [6, 6.07) is 0. The number of hydrogen-bond acceptors (Lipinski definition) is 2. The van der Waals surface area contributed by atoms with E-state index in [9.17, 15) is 0 Å². The minimum atomic E-state index is 0.579. The van der Waals surface area contributed by atoms with Crippen LogP contribution in [0, 0.1) is 5.92 Å². The molecule has 1 fully saturated rings. The average Bonchev–Trinajstić information content (AvgIpc) is 2.09. The molecule has 0 unspecified atom stereocenters. The second-order valence-corrected chi connectivity index (χ2v) is 3.80. The first-order valence-corrected chi connectivity index (χ1v) is 5.31. The van der Waals surface area contributed by atoms with E-state index in [4.69, 9.17) is 5.84 Å². The highest BCUT2D eigenvalue weighted by Gasteiger charge is 2.15. The Balaban J connectivity index is 2.44. The van der Waals surface area contributed by atoms with Gasteiger partial charge in [-0.2, -0.15) is 0 Å². The van der Waals surface area contributed by atoms with Gasteiger partial charge < -0.3 is 5.43 Å². The molecule has 0 spiro atoms. The highest BCUT2D eigenvalue weighted by atomic mass is 15.2. The molecule has 0 aromatic heterocycles. The fraction of sp³-hybridized carbons (Fsp3) is 0.900. The van der Waals surface area contributed by atoms with Crippen LogP contribution in [0.25, 0.3) is 0 Å². The molecule has 0 bridgehead atoms. The maximum atomic E-state index is 5.42. The summed E-state index contributed by atoms with van der Waals surface area (Å²) in [6.45, 7) is 0. The lowest BCUT2D eigenvalue weighted by atomic mass is 9.90. The predicted molar refractivity (Wildman–Crippen MR) is 56.5 cm³/mol. The molecule has 0 amide bonds. The zero-order valence-electron chi connectivity index (χ0n) is 8.55. The first-order valence-electron chi connectivity index (χ1n) is 5.31. The van der Waals surface area contributed by atoms with Crippen LogP contribution in [0.5, 0.6) is 0 Å². The summed E-state index contributed by atoms with van der Waals surface area (Å²) >= 11 is 0. The van der Waals surface area contributed by atoms with Crippen molar-refractivity contribution in [3.8, 4) is 0 Å². The molecule has 1 saturated carbocycles. The quantitative estimate of drug-likeness (QED) is 0.282. The maximum Gasteiger partial charge on any atom is 0.113 e. The number of hydrazine groups is 1. The molecule has 13 heavy (non-hydrogen) atoms. The third-order valence-electron chi connectivity index (χ3n) is 2.88. The standard InChI is InChI=1S/C10H21N3/c1-12-10(13-11)9-7-5-3-2-4-6-8-9/h9H,2-8,11H2,1H3,(H,12,13). The lowest BCUT2D eigenvalue weighted by Crippen LogP contribution is -2.36. The van der Waals surface area contributed by atoms with E-state index in [1.165, 1.54) is 44.9 Å². The van der Waals surface area contributed by atoms with Gasteiger partial charge in [0.05, 0.1) is 0 Å². The molecule has 0 aromatic carbocycles. The van der Waals surface area contributed by atoms with Crippen molar-refractivity contribution in [1.82, 2.24) is 5.43 Å². The van der Waals surface area contributed by atoms with E-state index in [-0.39, 0.29) is 0 Å². The lowest BCUT2D eigenvalue weighted by molar-refractivity contribution is 0.445. The van der Waals surface area contributed by atoms with Gasteiger partial charge in [0.2, 0.25) is 0 Å². The first kappa shape index (κ1) is 10.5. The lowest BCUT2D eigenvalue weighted by Gasteiger charge is -2.20. The third-order valence-corrected chi connectivity index (χ3v) is 2.88. The van der Waals surface area contributed by atoms with Gasteiger partial charge in [-0.05, 0) is 12.8 Å². The third kappa shape index (κ3) is 3.35. The van der Waals surface area contributed by atoms with Gasteiger partial charge in [-0.15, -0.1) is 0 Å². The van der Waals surface area contributed by atoms with E-state index in [1.807, 2.05) is 7.05 Å². The molecule has 0 aliphatic heterocycles. The van der Waals surface area contributed by atoms with Crippen molar-refractivity contribution in [2.45, 2.75) is 44.9 Å². The largest absolute Gasteiger partial charge is 0.312 e. The van der Waals surface area contributed by atoms with Gasteiger partial charge in [0, 0.05) is 13.0 Å². The first-order chi connectivity index (χ1) is 6.38. The fourth-order valence-electron chi connectivity index (χ4n) is 2.09. The number of nitrogens with one attached hydrogen (secondary N) is 1. The van der Waals surface area contributed by atoms with E-state index < -0.39 is 0 Å². The summed E-state index contributed by atoms with van der Waals surface area (Å²) in [4.78, 5) is 4.18. The second-order valence-electron chi connectivity index (χ2n) is 3.80. The Labute approximate surface area is 80.8 Å². The Kier molecular flexibility index (Phi) is 4.83. The van der Waals surface area contributed by atoms with Crippen LogP contribution in [0.1, 0.15) is 44.9 Å². The molecule has 3 N–H and O–H groups in total. The molecule has 1 aliphatic carbocycles. The number of nitrogens with two attached hydrogens (primary N) is 1. The molecular weight excluding hydrogens is 162 g/mol. The summed E-state index contributed by atoms with van der Waals surface area (Å²) in [5, 5.41) is 0. The molecule has 0 atom stereocenters. The normalized spacial score (nSPS) is 22.2. The summed E-state index contributed by atoms with van der Waals surface area (Å²) in [6.07, 6.45) is 9.29. The summed E-state index contributed by atoms with van der Waals surface area (Å²) in [5.74, 6) is 6.99. The van der Waals surface area contributed by atoms with E-state index in [0.29, 0.717) is 5.92 Å². The number of aliphatic imine (C=N–C) groups is 1. The molecule has 0 radical (unpaired) electrons. The van der Waals surface area contributed by atoms with Crippen molar-refractivity contribution in [2.75, 3.05) is 7.05 Å². The number of amidine groups is 1. The van der Waals surface area contributed by atoms with E-state index >= 15 is 0 Å². The monoisotopic (exact) mass is 183 g/mol. The van der Waals surface area contributed by atoms with Crippen LogP contribution in [0.3, 0.4) is 0 Å². The van der Waals surface area contributed by atoms with Crippen LogP contribution in [0.4, 0.5) is 0 Å². The van der Waals surface area contributed by atoms with Crippen molar-refractivity contribution >= 4 is 5.84 Å². The zero-order chi connectivity index (χ0) is 9.52. The van der Waals surface area contributed by atoms with Gasteiger partial charge in [-0.1, -0.05) is 32.1 Å². The van der Waals surface area contributed by atoms with Gasteiger partial charge in [0.25, 0.3) is 0 Å². The number of nitrogens with zero attached hydrogens (tertiary/aromatic N) is 1.